The molecule has 0 fully saturated rings. The van der Waals surface area contributed by atoms with Gasteiger partial charge in [-0.3, -0.25) is 9.67 Å². The number of hydrogen-bond acceptors (Lipinski definition) is 2. The largest absolute Gasteiger partial charge is 0.275 e. The molecule has 0 aliphatic rings. The van der Waals surface area contributed by atoms with Crippen LogP contribution in [-0.4, -0.2) is 14.8 Å². The summed E-state index contributed by atoms with van der Waals surface area (Å²) in [5.41, 5.74) is 8.70. The monoisotopic (exact) mass is 339 g/mol. The minimum absolute atomic E-state index is 0.983. The van der Waals surface area contributed by atoms with Crippen LogP contribution in [0.4, 0.5) is 0 Å². The van der Waals surface area contributed by atoms with Crippen molar-refractivity contribution in [1.29, 1.82) is 0 Å². The second-order valence-corrected chi connectivity index (χ2v) is 6.73. The van der Waals surface area contributed by atoms with Gasteiger partial charge >= 0.3 is 0 Å². The van der Waals surface area contributed by atoms with Gasteiger partial charge in [0, 0.05) is 41.6 Å². The molecule has 128 valence electrons. The predicted molar refractivity (Wildman–Crippen MR) is 108 cm³/mol. The molecule has 0 radical (unpaired) electrons. The zero-order valence-electron chi connectivity index (χ0n) is 15.3. The molecule has 0 saturated carbocycles. The number of pyridine rings is 1. The minimum Gasteiger partial charge on any atom is -0.275 e. The average Bonchev–Trinajstić information content (AvgIpc) is 3.01. The topological polar surface area (TPSA) is 30.7 Å². The molecule has 2 heterocycles. The third kappa shape index (κ3) is 2.82. The summed E-state index contributed by atoms with van der Waals surface area (Å²) in [6, 6.07) is 16.8. The van der Waals surface area contributed by atoms with E-state index in [1.807, 2.05) is 37.1 Å². The van der Waals surface area contributed by atoms with Crippen LogP contribution >= 0.6 is 0 Å². The predicted octanol–water partition coefficient (Wildman–Crippen LogP) is 5.31. The molecule has 4 rings (SSSR count). The Morgan fingerprint density at radius 3 is 2.65 bits per heavy atom. The highest BCUT2D eigenvalue weighted by atomic mass is 15.2. The Kier molecular flexibility index (Phi) is 3.92. The molecule has 0 aliphatic carbocycles. The highest BCUT2D eigenvalue weighted by molar-refractivity contribution is 5.88. The van der Waals surface area contributed by atoms with Crippen molar-refractivity contribution in [3.63, 3.8) is 0 Å². The van der Waals surface area contributed by atoms with E-state index in [0.717, 1.165) is 38.9 Å². The number of aryl methyl sites for hydroxylation is 3. The average molecular weight is 339 g/mol. The molecule has 0 spiro atoms. The van der Waals surface area contributed by atoms with E-state index >= 15 is 0 Å². The molecule has 4 aromatic rings. The first-order valence-electron chi connectivity index (χ1n) is 8.68. The summed E-state index contributed by atoms with van der Waals surface area (Å²) < 4.78 is 1.84. The summed E-state index contributed by atoms with van der Waals surface area (Å²) in [6.45, 7) is 8.52. The highest BCUT2D eigenvalue weighted by Gasteiger charge is 2.11. The van der Waals surface area contributed by atoms with E-state index in [1.54, 1.807) is 0 Å². The number of benzene rings is 2. The molecule has 26 heavy (non-hydrogen) atoms. The normalized spacial score (nSPS) is 11.0. The van der Waals surface area contributed by atoms with Crippen LogP contribution in [0.2, 0.25) is 0 Å². The van der Waals surface area contributed by atoms with E-state index in [-0.39, 0.29) is 0 Å². The fourth-order valence-corrected chi connectivity index (χ4v) is 3.37. The molecule has 0 amide bonds. The van der Waals surface area contributed by atoms with E-state index in [9.17, 15) is 0 Å². The zero-order valence-corrected chi connectivity index (χ0v) is 15.3. The summed E-state index contributed by atoms with van der Waals surface area (Å²) in [5, 5.41) is 5.56. The fourth-order valence-electron chi connectivity index (χ4n) is 3.37. The molecule has 0 aliphatic heterocycles. The van der Waals surface area contributed by atoms with Crippen LogP contribution in [-0.2, 0) is 7.05 Å². The van der Waals surface area contributed by atoms with E-state index in [4.69, 9.17) is 0 Å². The molecule has 3 heteroatoms. The molecule has 0 unspecified atom stereocenters. The Hall–Kier alpha value is -3.20. The first kappa shape index (κ1) is 16.3. The summed E-state index contributed by atoms with van der Waals surface area (Å²) in [5.74, 6) is 0. The third-order valence-corrected chi connectivity index (χ3v) is 4.84. The van der Waals surface area contributed by atoms with Gasteiger partial charge in [-0.15, -0.1) is 0 Å². The second-order valence-electron chi connectivity index (χ2n) is 6.73. The van der Waals surface area contributed by atoms with Crippen LogP contribution in [0.5, 0.6) is 0 Å². The Morgan fingerprint density at radius 1 is 1.04 bits per heavy atom. The maximum atomic E-state index is 4.63. The zero-order chi connectivity index (χ0) is 18.3. The molecule has 0 N–H and O–H groups in total. The van der Waals surface area contributed by atoms with Crippen molar-refractivity contribution < 1.29 is 0 Å². The maximum Gasteiger partial charge on any atom is 0.0923 e. The number of nitrogens with zero attached hydrogens (tertiary/aromatic N) is 3. The smallest absolute Gasteiger partial charge is 0.0923 e. The first-order chi connectivity index (χ1) is 12.5. The molecule has 3 nitrogen and oxygen atoms in total. The third-order valence-electron chi connectivity index (χ3n) is 4.84. The Balaban J connectivity index is 1.79. The minimum atomic E-state index is 0.983. The standard InChI is InChI=1S/C23H21N3/c1-15-7-5-6-8-21(15)19-12-22(17(3)24-13-19)16(2)18-9-10-23-20(11-18)14-26(4)25-23/h5-14H,2H2,1,3-4H3. The van der Waals surface area contributed by atoms with Crippen LogP contribution < -0.4 is 0 Å². The number of aromatic nitrogens is 3. The molecule has 0 atom stereocenters. The van der Waals surface area contributed by atoms with Crippen LogP contribution in [0.3, 0.4) is 0 Å². The first-order valence-corrected chi connectivity index (χ1v) is 8.68. The second kappa shape index (κ2) is 6.26. The van der Waals surface area contributed by atoms with Gasteiger partial charge in [0.15, 0.2) is 0 Å². The fraction of sp³-hybridized carbons (Fsp3) is 0.130. The lowest BCUT2D eigenvalue weighted by Gasteiger charge is -2.13. The van der Waals surface area contributed by atoms with Gasteiger partial charge in [-0.1, -0.05) is 36.9 Å². The van der Waals surface area contributed by atoms with E-state index in [2.05, 4.69) is 66.0 Å². The lowest BCUT2D eigenvalue weighted by Crippen LogP contribution is -1.95. The van der Waals surface area contributed by atoms with Gasteiger partial charge < -0.3 is 0 Å². The highest BCUT2D eigenvalue weighted by Crippen LogP contribution is 2.30. The molecule has 0 saturated heterocycles. The van der Waals surface area contributed by atoms with Gasteiger partial charge in [-0.05, 0) is 54.3 Å². The molecule has 2 aromatic heterocycles. The van der Waals surface area contributed by atoms with Crippen LogP contribution in [0.25, 0.3) is 27.6 Å². The Morgan fingerprint density at radius 2 is 1.85 bits per heavy atom. The van der Waals surface area contributed by atoms with Gasteiger partial charge in [0.1, 0.15) is 0 Å². The molecular weight excluding hydrogens is 318 g/mol. The van der Waals surface area contributed by atoms with Crippen LogP contribution in [0.15, 0.2) is 67.5 Å². The lowest BCUT2D eigenvalue weighted by atomic mass is 9.94. The number of hydrogen-bond donors (Lipinski definition) is 0. The van der Waals surface area contributed by atoms with Gasteiger partial charge in [-0.25, -0.2) is 0 Å². The Bertz CT molecular complexity index is 1140. The van der Waals surface area contributed by atoms with E-state index in [0.29, 0.717) is 0 Å². The van der Waals surface area contributed by atoms with Crippen molar-refractivity contribution in [2.45, 2.75) is 13.8 Å². The van der Waals surface area contributed by atoms with Crippen molar-refractivity contribution in [1.82, 2.24) is 14.8 Å². The van der Waals surface area contributed by atoms with Gasteiger partial charge in [0.05, 0.1) is 5.52 Å². The SMILES string of the molecule is C=C(c1ccc2nn(C)cc2c1)c1cc(-c2ccccc2C)cnc1C. The molecule has 2 aromatic carbocycles. The van der Waals surface area contributed by atoms with Crippen molar-refractivity contribution in [3.05, 3.63) is 89.9 Å². The van der Waals surface area contributed by atoms with Gasteiger partial charge in [0.25, 0.3) is 0 Å². The summed E-state index contributed by atoms with van der Waals surface area (Å²) in [7, 11) is 1.94. The van der Waals surface area contributed by atoms with Crippen molar-refractivity contribution >= 4 is 16.5 Å². The van der Waals surface area contributed by atoms with E-state index < -0.39 is 0 Å². The van der Waals surface area contributed by atoms with Crippen molar-refractivity contribution in [2.75, 3.05) is 0 Å². The van der Waals surface area contributed by atoms with Crippen molar-refractivity contribution in [2.24, 2.45) is 7.05 Å². The van der Waals surface area contributed by atoms with Crippen LogP contribution in [0.1, 0.15) is 22.4 Å². The Labute approximate surface area is 153 Å². The number of rotatable bonds is 3. The van der Waals surface area contributed by atoms with Crippen molar-refractivity contribution in [3.8, 4) is 11.1 Å². The van der Waals surface area contributed by atoms with Gasteiger partial charge in [-0.2, -0.15) is 5.10 Å². The summed E-state index contributed by atoms with van der Waals surface area (Å²) in [6.07, 6.45) is 3.97. The lowest BCUT2D eigenvalue weighted by molar-refractivity contribution is 0.780. The molecular formula is C23H21N3. The quantitative estimate of drug-likeness (QED) is 0.506. The molecule has 0 bridgehead atoms. The maximum absolute atomic E-state index is 4.63. The summed E-state index contributed by atoms with van der Waals surface area (Å²) in [4.78, 5) is 4.63. The van der Waals surface area contributed by atoms with Gasteiger partial charge in [0.2, 0.25) is 0 Å². The number of fused-ring (bicyclic) bond motifs is 1. The van der Waals surface area contributed by atoms with E-state index in [1.165, 1.54) is 11.1 Å². The summed E-state index contributed by atoms with van der Waals surface area (Å²) >= 11 is 0. The van der Waals surface area contributed by atoms with Crippen LogP contribution in [0, 0.1) is 13.8 Å².